The Morgan fingerprint density at radius 2 is 1.96 bits per heavy atom. The van der Waals surface area contributed by atoms with Crippen molar-refractivity contribution in [3.05, 3.63) is 35.7 Å². The summed E-state index contributed by atoms with van der Waals surface area (Å²) in [6.07, 6.45) is 0.441. The quantitative estimate of drug-likeness (QED) is 0.744. The predicted molar refractivity (Wildman–Crippen MR) is 98.0 cm³/mol. The second-order valence-corrected chi connectivity index (χ2v) is 6.67. The molecule has 0 radical (unpaired) electrons. The number of ether oxygens (including phenoxy) is 3. The van der Waals surface area contributed by atoms with Crippen LogP contribution in [0.3, 0.4) is 0 Å². The van der Waals surface area contributed by atoms with E-state index in [1.807, 2.05) is 31.2 Å². The zero-order valence-corrected chi connectivity index (χ0v) is 15.6. The van der Waals surface area contributed by atoms with E-state index >= 15 is 0 Å². The van der Waals surface area contributed by atoms with Crippen LogP contribution in [0, 0.1) is 12.8 Å². The average molecular weight is 361 g/mol. The van der Waals surface area contributed by atoms with Gasteiger partial charge in [0.15, 0.2) is 11.5 Å². The SMILES string of the molecule is COc1cccc(OC)c1OCCN1C[C@@H](Cc2cc(C)[nH]n2)[C@@H](O)C1. The first-order valence-electron chi connectivity index (χ1n) is 8.85. The van der Waals surface area contributed by atoms with Crippen molar-refractivity contribution >= 4 is 0 Å². The molecule has 0 saturated carbocycles. The van der Waals surface area contributed by atoms with E-state index in [9.17, 15) is 5.11 Å². The first-order chi connectivity index (χ1) is 12.6. The van der Waals surface area contributed by atoms with Crippen LogP contribution in [0.1, 0.15) is 11.4 Å². The molecule has 3 rings (SSSR count). The zero-order chi connectivity index (χ0) is 18.5. The number of hydrogen-bond acceptors (Lipinski definition) is 6. The molecule has 7 heteroatoms. The van der Waals surface area contributed by atoms with Gasteiger partial charge in [0.25, 0.3) is 0 Å². The van der Waals surface area contributed by atoms with Gasteiger partial charge < -0.3 is 19.3 Å². The smallest absolute Gasteiger partial charge is 0.203 e. The van der Waals surface area contributed by atoms with E-state index in [2.05, 4.69) is 15.1 Å². The molecular formula is C19H27N3O4. The summed E-state index contributed by atoms with van der Waals surface area (Å²) in [5.74, 6) is 2.11. The summed E-state index contributed by atoms with van der Waals surface area (Å²) in [7, 11) is 3.22. The highest BCUT2D eigenvalue weighted by Crippen LogP contribution is 2.36. The van der Waals surface area contributed by atoms with Gasteiger partial charge in [0.1, 0.15) is 6.61 Å². The van der Waals surface area contributed by atoms with Crippen molar-refractivity contribution in [3.63, 3.8) is 0 Å². The highest BCUT2D eigenvalue weighted by molar-refractivity contribution is 5.51. The number of rotatable bonds is 8. The number of aromatic nitrogens is 2. The number of H-pyrrole nitrogens is 1. The minimum Gasteiger partial charge on any atom is -0.493 e. The van der Waals surface area contributed by atoms with Gasteiger partial charge in [0, 0.05) is 31.2 Å². The van der Waals surface area contributed by atoms with Crippen LogP contribution in [0.2, 0.25) is 0 Å². The molecule has 26 heavy (non-hydrogen) atoms. The van der Waals surface area contributed by atoms with Gasteiger partial charge in [-0.2, -0.15) is 5.10 Å². The molecule has 2 aromatic rings. The first-order valence-corrected chi connectivity index (χ1v) is 8.85. The summed E-state index contributed by atoms with van der Waals surface area (Å²) in [6, 6.07) is 7.59. The third-order valence-electron chi connectivity index (χ3n) is 4.75. The molecule has 1 aliphatic rings. The third kappa shape index (κ3) is 4.28. The second-order valence-electron chi connectivity index (χ2n) is 6.67. The monoisotopic (exact) mass is 361 g/mol. The lowest BCUT2D eigenvalue weighted by atomic mass is 10.0. The van der Waals surface area contributed by atoms with E-state index in [1.165, 1.54) is 0 Å². The number of aromatic amines is 1. The fraction of sp³-hybridized carbons (Fsp3) is 0.526. The number of para-hydroxylation sites is 1. The van der Waals surface area contributed by atoms with Crippen LogP contribution in [0.4, 0.5) is 0 Å². The van der Waals surface area contributed by atoms with Crippen LogP contribution in [-0.4, -0.2) is 66.8 Å². The molecule has 1 saturated heterocycles. The standard InChI is InChI=1S/C19H27N3O4/c1-13-9-15(21-20-13)10-14-11-22(12-16(14)23)7-8-26-19-17(24-2)5-4-6-18(19)25-3/h4-6,9,14,16,23H,7-8,10-12H2,1-3H3,(H,20,21)/t14-,16+/m1/s1. The van der Waals surface area contributed by atoms with Crippen LogP contribution < -0.4 is 14.2 Å². The Bertz CT molecular complexity index is 696. The number of nitrogens with one attached hydrogen (secondary N) is 1. The molecule has 2 heterocycles. The lowest BCUT2D eigenvalue weighted by Gasteiger charge is -2.18. The van der Waals surface area contributed by atoms with Crippen molar-refractivity contribution < 1.29 is 19.3 Å². The molecule has 1 fully saturated rings. The van der Waals surface area contributed by atoms with Crippen molar-refractivity contribution in [1.82, 2.24) is 15.1 Å². The Morgan fingerprint density at radius 1 is 1.23 bits per heavy atom. The van der Waals surface area contributed by atoms with E-state index in [4.69, 9.17) is 14.2 Å². The Hall–Kier alpha value is -2.25. The van der Waals surface area contributed by atoms with Gasteiger partial charge in [-0.1, -0.05) is 6.07 Å². The highest BCUT2D eigenvalue weighted by atomic mass is 16.5. The van der Waals surface area contributed by atoms with Gasteiger partial charge in [-0.3, -0.25) is 10.00 Å². The Balaban J connectivity index is 1.52. The maximum absolute atomic E-state index is 10.3. The fourth-order valence-corrected chi connectivity index (χ4v) is 3.41. The van der Waals surface area contributed by atoms with Crippen LogP contribution in [0.5, 0.6) is 17.2 Å². The largest absolute Gasteiger partial charge is 0.493 e. The molecule has 1 aliphatic heterocycles. The molecule has 7 nitrogen and oxygen atoms in total. The molecule has 0 bridgehead atoms. The minimum atomic E-state index is -0.340. The summed E-state index contributed by atoms with van der Waals surface area (Å²) in [4.78, 5) is 2.22. The van der Waals surface area contributed by atoms with Crippen LogP contribution in [-0.2, 0) is 6.42 Å². The highest BCUT2D eigenvalue weighted by Gasteiger charge is 2.31. The van der Waals surface area contributed by atoms with Crippen LogP contribution in [0.15, 0.2) is 24.3 Å². The van der Waals surface area contributed by atoms with Gasteiger partial charge in [-0.15, -0.1) is 0 Å². The summed E-state index contributed by atoms with van der Waals surface area (Å²) >= 11 is 0. The van der Waals surface area contributed by atoms with Crippen molar-refractivity contribution in [1.29, 1.82) is 0 Å². The number of benzene rings is 1. The molecule has 1 aromatic heterocycles. The van der Waals surface area contributed by atoms with Gasteiger partial charge in [0.05, 0.1) is 26.0 Å². The number of aryl methyl sites for hydroxylation is 1. The third-order valence-corrected chi connectivity index (χ3v) is 4.75. The summed E-state index contributed by atoms with van der Waals surface area (Å²) in [5.41, 5.74) is 2.05. The second kappa shape index (κ2) is 8.42. The number of aliphatic hydroxyl groups is 1. The van der Waals surface area contributed by atoms with Crippen molar-refractivity contribution in [2.75, 3.05) is 40.5 Å². The van der Waals surface area contributed by atoms with Crippen LogP contribution in [0.25, 0.3) is 0 Å². The minimum absolute atomic E-state index is 0.193. The summed E-state index contributed by atoms with van der Waals surface area (Å²) in [5, 5.41) is 17.6. The number of nitrogens with zero attached hydrogens (tertiary/aromatic N) is 2. The van der Waals surface area contributed by atoms with Crippen LogP contribution >= 0.6 is 0 Å². The van der Waals surface area contributed by atoms with E-state index in [1.54, 1.807) is 14.2 Å². The number of hydrogen-bond donors (Lipinski definition) is 2. The molecule has 2 atom stereocenters. The van der Waals surface area contributed by atoms with Crippen molar-refractivity contribution in [2.45, 2.75) is 19.4 Å². The Kier molecular flexibility index (Phi) is 6.00. The Labute approximate surface area is 153 Å². The predicted octanol–water partition coefficient (Wildman–Crippen LogP) is 1.65. The van der Waals surface area contributed by atoms with E-state index in [0.29, 0.717) is 30.4 Å². The molecule has 1 aromatic carbocycles. The molecule has 0 aliphatic carbocycles. The summed E-state index contributed by atoms with van der Waals surface area (Å²) < 4.78 is 16.6. The van der Waals surface area contributed by atoms with Crippen molar-refractivity contribution in [3.8, 4) is 17.2 Å². The molecule has 0 spiro atoms. The molecular weight excluding hydrogens is 334 g/mol. The van der Waals surface area contributed by atoms with E-state index in [-0.39, 0.29) is 12.0 Å². The molecule has 0 unspecified atom stereocenters. The van der Waals surface area contributed by atoms with Gasteiger partial charge in [-0.05, 0) is 31.5 Å². The van der Waals surface area contributed by atoms with E-state index in [0.717, 1.165) is 30.9 Å². The summed E-state index contributed by atoms with van der Waals surface area (Å²) in [6.45, 7) is 4.70. The maximum atomic E-state index is 10.3. The fourth-order valence-electron chi connectivity index (χ4n) is 3.41. The number of aliphatic hydroxyl groups excluding tert-OH is 1. The van der Waals surface area contributed by atoms with Gasteiger partial charge in [0.2, 0.25) is 5.75 Å². The number of likely N-dealkylation sites (tertiary alicyclic amines) is 1. The normalized spacial score (nSPS) is 20.3. The van der Waals surface area contributed by atoms with Gasteiger partial charge >= 0.3 is 0 Å². The molecule has 0 amide bonds. The number of methoxy groups -OCH3 is 2. The zero-order valence-electron chi connectivity index (χ0n) is 15.6. The topological polar surface area (TPSA) is 79.8 Å². The lowest BCUT2D eigenvalue weighted by Crippen LogP contribution is -2.27. The Morgan fingerprint density at radius 3 is 2.58 bits per heavy atom. The lowest BCUT2D eigenvalue weighted by molar-refractivity contribution is 0.138. The number of β-amino-alcohol motifs (C(OH)–C–C–N with tert-alkyl or cyclic N) is 1. The maximum Gasteiger partial charge on any atom is 0.203 e. The molecule has 2 N–H and O–H groups in total. The van der Waals surface area contributed by atoms with E-state index < -0.39 is 0 Å². The first kappa shape index (κ1) is 18.5. The average Bonchev–Trinajstić information content (AvgIpc) is 3.20. The molecule has 142 valence electrons. The van der Waals surface area contributed by atoms with Crippen molar-refractivity contribution in [2.24, 2.45) is 5.92 Å². The van der Waals surface area contributed by atoms with Gasteiger partial charge in [-0.25, -0.2) is 0 Å².